The molecule has 1 aliphatic rings. The number of hydrogen-bond acceptors (Lipinski definition) is 4. The zero-order chi connectivity index (χ0) is 15.6. The third-order valence-corrected chi connectivity index (χ3v) is 4.19. The van der Waals surface area contributed by atoms with Gasteiger partial charge in [0.15, 0.2) is 0 Å². The summed E-state index contributed by atoms with van der Waals surface area (Å²) in [5, 5.41) is 13.2. The molecule has 4 nitrogen and oxygen atoms in total. The maximum absolute atomic E-state index is 13.5. The van der Waals surface area contributed by atoms with Crippen LogP contribution < -0.4 is 5.32 Å². The summed E-state index contributed by atoms with van der Waals surface area (Å²) in [4.78, 5) is 7.76. The number of nitrogens with zero attached hydrogens (tertiary/aromatic N) is 3. The smallest absolute Gasteiger partial charge is 0.213 e. The van der Waals surface area contributed by atoms with E-state index in [4.69, 9.17) is 6.42 Å². The van der Waals surface area contributed by atoms with Crippen molar-refractivity contribution in [2.45, 2.75) is 37.6 Å². The number of nitrogens with one attached hydrogen (secondary N) is 1. The van der Waals surface area contributed by atoms with Gasteiger partial charge in [0.25, 0.3) is 0 Å². The van der Waals surface area contributed by atoms with Crippen LogP contribution >= 0.6 is 0 Å². The molecule has 0 aliphatic heterocycles. The van der Waals surface area contributed by atoms with Gasteiger partial charge in [-0.2, -0.15) is 9.65 Å². The number of pyridine rings is 2. The lowest BCUT2D eigenvalue weighted by atomic mass is 9.82. The lowest BCUT2D eigenvalue weighted by molar-refractivity contribution is 0.396. The summed E-state index contributed by atoms with van der Waals surface area (Å²) in [6.45, 7) is 0. The summed E-state index contributed by atoms with van der Waals surface area (Å²) in [7, 11) is 0. The molecule has 2 aromatic rings. The van der Waals surface area contributed by atoms with Crippen molar-refractivity contribution in [2.24, 2.45) is 0 Å². The van der Waals surface area contributed by atoms with Gasteiger partial charge in [-0.1, -0.05) is 25.2 Å². The van der Waals surface area contributed by atoms with E-state index in [0.717, 1.165) is 32.1 Å². The Morgan fingerprint density at radius 2 is 2.00 bits per heavy atom. The van der Waals surface area contributed by atoms with Gasteiger partial charge in [0.2, 0.25) is 5.95 Å². The molecule has 0 unspecified atom stereocenters. The second-order valence-electron chi connectivity index (χ2n) is 5.59. The molecule has 0 atom stereocenters. The zero-order valence-corrected chi connectivity index (χ0v) is 12.1. The molecule has 5 heteroatoms. The average Bonchev–Trinajstić information content (AvgIpc) is 2.56. The summed E-state index contributed by atoms with van der Waals surface area (Å²) in [5.74, 6) is 2.24. The fourth-order valence-electron chi connectivity index (χ4n) is 2.99. The normalized spacial score (nSPS) is 16.7. The highest BCUT2D eigenvalue weighted by molar-refractivity contribution is 5.93. The summed E-state index contributed by atoms with van der Waals surface area (Å²) in [5.41, 5.74) is 0.954. The first kappa shape index (κ1) is 14.3. The molecule has 1 saturated carbocycles. The minimum Gasteiger partial charge on any atom is -0.367 e. The maximum atomic E-state index is 13.5. The fraction of sp³-hybridized carbons (Fsp3) is 0.353. The highest BCUT2D eigenvalue weighted by Gasteiger charge is 2.31. The van der Waals surface area contributed by atoms with Crippen molar-refractivity contribution >= 4 is 16.6 Å². The molecule has 0 amide bonds. The third-order valence-electron chi connectivity index (χ3n) is 4.19. The van der Waals surface area contributed by atoms with Gasteiger partial charge in [-0.15, -0.1) is 6.42 Å². The van der Waals surface area contributed by atoms with E-state index in [0.29, 0.717) is 22.2 Å². The SMILES string of the molecule is C#CC1(Nc2c(C#N)cnc3cnc(F)cc23)CCCCC1. The second kappa shape index (κ2) is 5.61. The minimum absolute atomic E-state index is 0.360. The fourth-order valence-corrected chi connectivity index (χ4v) is 2.99. The first-order valence-electron chi connectivity index (χ1n) is 7.28. The molecule has 0 bridgehead atoms. The number of nitriles is 1. The molecule has 0 spiro atoms. The Morgan fingerprint density at radius 1 is 1.23 bits per heavy atom. The Labute approximate surface area is 128 Å². The lowest BCUT2D eigenvalue weighted by Gasteiger charge is -2.35. The van der Waals surface area contributed by atoms with Gasteiger partial charge in [-0.25, -0.2) is 4.98 Å². The Hall–Kier alpha value is -2.66. The van der Waals surface area contributed by atoms with Crippen LogP contribution in [-0.2, 0) is 0 Å². The van der Waals surface area contributed by atoms with Crippen LogP contribution in [0.4, 0.5) is 10.1 Å². The van der Waals surface area contributed by atoms with E-state index in [1.807, 2.05) is 0 Å². The summed E-state index contributed by atoms with van der Waals surface area (Å²) < 4.78 is 13.5. The van der Waals surface area contributed by atoms with Gasteiger partial charge in [0.05, 0.1) is 28.5 Å². The van der Waals surface area contributed by atoms with Gasteiger partial charge in [-0.05, 0) is 12.8 Å². The molecule has 3 rings (SSSR count). The van der Waals surface area contributed by atoms with Crippen molar-refractivity contribution in [3.8, 4) is 18.4 Å². The monoisotopic (exact) mass is 294 g/mol. The van der Waals surface area contributed by atoms with Crippen LogP contribution in [0.1, 0.15) is 37.7 Å². The topological polar surface area (TPSA) is 61.6 Å². The Balaban J connectivity index is 2.14. The van der Waals surface area contributed by atoms with Crippen molar-refractivity contribution < 1.29 is 4.39 Å². The van der Waals surface area contributed by atoms with Crippen LogP contribution in [0.25, 0.3) is 10.9 Å². The number of anilines is 1. The standard InChI is InChI=1S/C17H15FN4/c1-2-17(6-4-3-5-7-17)22-16-12(9-19)10-20-14-11-21-15(18)8-13(14)16/h1,8,10-11H,3-7H2,(H,20,22). The van der Waals surface area contributed by atoms with Gasteiger partial charge in [0.1, 0.15) is 6.07 Å². The van der Waals surface area contributed by atoms with Crippen LogP contribution in [0.15, 0.2) is 18.5 Å². The first-order valence-corrected chi connectivity index (χ1v) is 7.28. The number of terminal acetylenes is 1. The van der Waals surface area contributed by atoms with E-state index < -0.39 is 11.5 Å². The average molecular weight is 294 g/mol. The van der Waals surface area contributed by atoms with Crippen LogP contribution in [-0.4, -0.2) is 15.5 Å². The summed E-state index contributed by atoms with van der Waals surface area (Å²) in [6, 6.07) is 3.39. The molecule has 0 radical (unpaired) electrons. The Kier molecular flexibility index (Phi) is 3.65. The highest BCUT2D eigenvalue weighted by Crippen LogP contribution is 2.35. The van der Waals surface area contributed by atoms with Crippen molar-refractivity contribution in [3.63, 3.8) is 0 Å². The summed E-state index contributed by atoms with van der Waals surface area (Å²) in [6.07, 6.45) is 13.5. The Morgan fingerprint density at radius 3 is 2.68 bits per heavy atom. The van der Waals surface area contributed by atoms with Crippen molar-refractivity contribution in [1.82, 2.24) is 9.97 Å². The molecule has 2 heterocycles. The van der Waals surface area contributed by atoms with E-state index in [-0.39, 0.29) is 0 Å². The van der Waals surface area contributed by atoms with Gasteiger partial charge in [-0.3, -0.25) is 4.98 Å². The van der Waals surface area contributed by atoms with Gasteiger partial charge in [0, 0.05) is 17.6 Å². The predicted octanol–water partition coefficient (Wildman–Crippen LogP) is 3.39. The molecule has 1 aliphatic carbocycles. The number of rotatable bonds is 2. The van der Waals surface area contributed by atoms with E-state index in [2.05, 4.69) is 27.3 Å². The molecular formula is C17H15FN4. The van der Waals surface area contributed by atoms with E-state index in [9.17, 15) is 9.65 Å². The van der Waals surface area contributed by atoms with Gasteiger partial charge >= 0.3 is 0 Å². The molecule has 0 saturated heterocycles. The first-order chi connectivity index (χ1) is 10.7. The second-order valence-corrected chi connectivity index (χ2v) is 5.59. The largest absolute Gasteiger partial charge is 0.367 e. The molecule has 2 aromatic heterocycles. The lowest BCUT2D eigenvalue weighted by Crippen LogP contribution is -2.39. The van der Waals surface area contributed by atoms with Crippen molar-refractivity contribution in [1.29, 1.82) is 5.26 Å². The quantitative estimate of drug-likeness (QED) is 0.681. The third kappa shape index (κ3) is 2.46. The van der Waals surface area contributed by atoms with Crippen molar-refractivity contribution in [3.05, 3.63) is 30.0 Å². The molecule has 110 valence electrons. The number of fused-ring (bicyclic) bond motifs is 1. The predicted molar refractivity (Wildman–Crippen MR) is 82.5 cm³/mol. The minimum atomic E-state index is -0.606. The van der Waals surface area contributed by atoms with Crippen LogP contribution in [0.5, 0.6) is 0 Å². The van der Waals surface area contributed by atoms with Crippen LogP contribution in [0.2, 0.25) is 0 Å². The maximum Gasteiger partial charge on any atom is 0.213 e. The van der Waals surface area contributed by atoms with E-state index in [1.54, 1.807) is 0 Å². The van der Waals surface area contributed by atoms with E-state index in [1.165, 1.54) is 18.5 Å². The van der Waals surface area contributed by atoms with Crippen LogP contribution in [0, 0.1) is 29.6 Å². The van der Waals surface area contributed by atoms with E-state index >= 15 is 0 Å². The Bertz CT molecular complexity index is 795. The number of hydrogen-bond donors (Lipinski definition) is 1. The molecule has 1 N–H and O–H groups in total. The molecular weight excluding hydrogens is 279 g/mol. The molecule has 1 fully saturated rings. The molecule has 0 aromatic carbocycles. The number of halogens is 1. The highest BCUT2D eigenvalue weighted by atomic mass is 19.1. The van der Waals surface area contributed by atoms with Gasteiger partial charge < -0.3 is 5.32 Å². The molecule has 22 heavy (non-hydrogen) atoms. The van der Waals surface area contributed by atoms with Crippen molar-refractivity contribution in [2.75, 3.05) is 5.32 Å². The zero-order valence-electron chi connectivity index (χ0n) is 12.1. The number of aromatic nitrogens is 2. The summed E-state index contributed by atoms with van der Waals surface area (Å²) >= 11 is 0. The van der Waals surface area contributed by atoms with Crippen LogP contribution in [0.3, 0.4) is 0 Å².